The molecule has 0 amide bonds. The monoisotopic (exact) mass is 231 g/mol. The first-order chi connectivity index (χ1) is 8.36. The summed E-state index contributed by atoms with van der Waals surface area (Å²) in [5, 5.41) is 3.69. The molecule has 17 heavy (non-hydrogen) atoms. The van der Waals surface area contributed by atoms with Crippen molar-refractivity contribution in [1.29, 1.82) is 0 Å². The number of rotatable bonds is 1. The molecular formula is C16H11Si. The smallest absolute Gasteiger partial charge is 0.0626 e. The molecule has 0 aliphatic rings. The van der Waals surface area contributed by atoms with Gasteiger partial charge in [-0.1, -0.05) is 71.9 Å². The fraction of sp³-hybridized carbons (Fsp3) is 0. The van der Waals surface area contributed by atoms with Crippen molar-refractivity contribution in [3.8, 4) is 11.1 Å². The fourth-order valence-electron chi connectivity index (χ4n) is 2.19. The summed E-state index contributed by atoms with van der Waals surface area (Å²) in [6.07, 6.45) is 0. The number of benzene rings is 3. The van der Waals surface area contributed by atoms with Gasteiger partial charge < -0.3 is 0 Å². The second-order valence-corrected chi connectivity index (χ2v) is 4.61. The van der Waals surface area contributed by atoms with E-state index in [9.17, 15) is 0 Å². The van der Waals surface area contributed by atoms with Crippen LogP contribution in [0.4, 0.5) is 0 Å². The summed E-state index contributed by atoms with van der Waals surface area (Å²) in [5.74, 6) is 0. The van der Waals surface area contributed by atoms with Gasteiger partial charge in [-0.15, -0.1) is 0 Å². The highest BCUT2D eigenvalue weighted by Crippen LogP contribution is 2.26. The third kappa shape index (κ3) is 1.79. The van der Waals surface area contributed by atoms with Gasteiger partial charge >= 0.3 is 0 Å². The van der Waals surface area contributed by atoms with Crippen molar-refractivity contribution >= 4 is 26.2 Å². The number of fused-ring (bicyclic) bond motifs is 1. The third-order valence-corrected chi connectivity index (χ3v) is 3.41. The van der Waals surface area contributed by atoms with E-state index < -0.39 is 0 Å². The van der Waals surface area contributed by atoms with Crippen molar-refractivity contribution < 1.29 is 0 Å². The molecule has 0 saturated heterocycles. The zero-order chi connectivity index (χ0) is 11.7. The zero-order valence-corrected chi connectivity index (χ0v) is 10.4. The highest BCUT2D eigenvalue weighted by atomic mass is 28.1. The average molecular weight is 231 g/mol. The molecule has 3 aromatic carbocycles. The minimum Gasteiger partial charge on any atom is -0.0626 e. The molecule has 0 spiro atoms. The van der Waals surface area contributed by atoms with Crippen LogP contribution in [0.5, 0.6) is 0 Å². The maximum absolute atomic E-state index is 3.71. The summed E-state index contributed by atoms with van der Waals surface area (Å²) < 4.78 is 0. The molecule has 0 heterocycles. The number of hydrogen-bond acceptors (Lipinski definition) is 0. The molecule has 3 radical (unpaired) electrons. The molecular weight excluding hydrogens is 220 g/mol. The van der Waals surface area contributed by atoms with Gasteiger partial charge in [-0.3, -0.25) is 0 Å². The van der Waals surface area contributed by atoms with Crippen molar-refractivity contribution in [2.75, 3.05) is 0 Å². The molecule has 3 rings (SSSR count). The Kier molecular flexibility index (Phi) is 2.54. The van der Waals surface area contributed by atoms with Crippen LogP contribution < -0.4 is 5.19 Å². The lowest BCUT2D eigenvalue weighted by Gasteiger charge is -2.10. The Morgan fingerprint density at radius 3 is 2.18 bits per heavy atom. The van der Waals surface area contributed by atoms with E-state index in [2.05, 4.69) is 70.9 Å². The first-order valence-corrected chi connectivity index (χ1v) is 6.15. The van der Waals surface area contributed by atoms with Crippen LogP contribution in [0.3, 0.4) is 0 Å². The Hall–Kier alpha value is -1.86. The van der Waals surface area contributed by atoms with Gasteiger partial charge in [0.1, 0.15) is 0 Å². The van der Waals surface area contributed by atoms with E-state index in [0.717, 1.165) is 5.19 Å². The van der Waals surface area contributed by atoms with E-state index in [-0.39, 0.29) is 0 Å². The Morgan fingerprint density at radius 2 is 1.35 bits per heavy atom. The molecule has 0 saturated carbocycles. The van der Waals surface area contributed by atoms with Crippen LogP contribution in [0.25, 0.3) is 21.9 Å². The van der Waals surface area contributed by atoms with E-state index in [1.165, 1.54) is 21.9 Å². The average Bonchev–Trinajstić information content (AvgIpc) is 2.39. The molecule has 0 N–H and O–H groups in total. The first-order valence-electron chi connectivity index (χ1n) is 5.65. The van der Waals surface area contributed by atoms with Crippen molar-refractivity contribution in [3.63, 3.8) is 0 Å². The largest absolute Gasteiger partial charge is 0.0720 e. The van der Waals surface area contributed by atoms with Crippen LogP contribution in [0.1, 0.15) is 0 Å². The summed E-state index contributed by atoms with van der Waals surface area (Å²) in [5.41, 5.74) is 2.51. The van der Waals surface area contributed by atoms with Crippen molar-refractivity contribution in [1.82, 2.24) is 0 Å². The van der Waals surface area contributed by atoms with E-state index in [1.807, 2.05) is 6.07 Å². The third-order valence-electron chi connectivity index (χ3n) is 2.99. The minimum atomic E-state index is 1.13. The summed E-state index contributed by atoms with van der Waals surface area (Å²) in [6.45, 7) is 0. The van der Waals surface area contributed by atoms with E-state index in [1.54, 1.807) is 0 Å². The van der Waals surface area contributed by atoms with Crippen molar-refractivity contribution in [2.45, 2.75) is 0 Å². The van der Waals surface area contributed by atoms with Crippen LogP contribution in [0.15, 0.2) is 66.7 Å². The second kappa shape index (κ2) is 4.19. The molecule has 0 fully saturated rings. The van der Waals surface area contributed by atoms with Crippen LogP contribution >= 0.6 is 0 Å². The fourth-order valence-corrected chi connectivity index (χ4v) is 2.55. The zero-order valence-electron chi connectivity index (χ0n) is 9.35. The Balaban J connectivity index is 2.39. The minimum absolute atomic E-state index is 1.13. The normalized spacial score (nSPS) is 10.6. The van der Waals surface area contributed by atoms with Crippen molar-refractivity contribution in [2.24, 2.45) is 0 Å². The van der Waals surface area contributed by atoms with Crippen LogP contribution in [-0.2, 0) is 0 Å². The highest BCUT2D eigenvalue weighted by molar-refractivity contribution is 6.38. The van der Waals surface area contributed by atoms with Gasteiger partial charge in [-0.25, -0.2) is 0 Å². The maximum Gasteiger partial charge on any atom is 0.0720 e. The molecule has 3 aromatic rings. The summed E-state index contributed by atoms with van der Waals surface area (Å²) in [7, 11) is 3.71. The summed E-state index contributed by atoms with van der Waals surface area (Å²) in [4.78, 5) is 0. The SMILES string of the molecule is [Si]c1ccc2ccccc2c1-c1ccccc1. The summed E-state index contributed by atoms with van der Waals surface area (Å²) in [6, 6.07) is 23.2. The Morgan fingerprint density at radius 1 is 0.647 bits per heavy atom. The molecule has 0 bridgehead atoms. The predicted octanol–water partition coefficient (Wildman–Crippen LogP) is 3.30. The van der Waals surface area contributed by atoms with Crippen LogP contribution in [-0.4, -0.2) is 10.2 Å². The van der Waals surface area contributed by atoms with E-state index in [0.29, 0.717) is 0 Å². The molecule has 79 valence electrons. The van der Waals surface area contributed by atoms with Gasteiger partial charge in [-0.05, 0) is 21.9 Å². The maximum atomic E-state index is 3.71. The second-order valence-electron chi connectivity index (χ2n) is 4.08. The summed E-state index contributed by atoms with van der Waals surface area (Å²) >= 11 is 0. The molecule has 1 heteroatoms. The number of hydrogen-bond donors (Lipinski definition) is 0. The first kappa shape index (κ1) is 10.3. The highest BCUT2D eigenvalue weighted by Gasteiger charge is 2.05. The van der Waals surface area contributed by atoms with Gasteiger partial charge in [0.05, 0.1) is 10.2 Å². The van der Waals surface area contributed by atoms with Gasteiger partial charge in [0.2, 0.25) is 0 Å². The molecule has 0 aliphatic carbocycles. The van der Waals surface area contributed by atoms with Crippen LogP contribution in [0, 0.1) is 0 Å². The lowest BCUT2D eigenvalue weighted by molar-refractivity contribution is 1.67. The molecule has 0 nitrogen and oxygen atoms in total. The standard InChI is InChI=1S/C16H11Si/c17-15-11-10-12-6-4-5-9-14(12)16(15)13-7-2-1-3-8-13/h1-11H. The van der Waals surface area contributed by atoms with Gasteiger partial charge in [0, 0.05) is 0 Å². The molecule has 0 unspecified atom stereocenters. The van der Waals surface area contributed by atoms with Gasteiger partial charge in [0.15, 0.2) is 0 Å². The lowest BCUT2D eigenvalue weighted by Crippen LogP contribution is -2.06. The Labute approximate surface area is 104 Å². The Bertz CT molecular complexity index is 657. The lowest BCUT2D eigenvalue weighted by atomic mass is 9.98. The van der Waals surface area contributed by atoms with Crippen molar-refractivity contribution in [3.05, 3.63) is 66.7 Å². The van der Waals surface area contributed by atoms with Gasteiger partial charge in [-0.2, -0.15) is 0 Å². The van der Waals surface area contributed by atoms with E-state index >= 15 is 0 Å². The van der Waals surface area contributed by atoms with Gasteiger partial charge in [0.25, 0.3) is 0 Å². The topological polar surface area (TPSA) is 0 Å². The molecule has 0 atom stereocenters. The predicted molar refractivity (Wildman–Crippen MR) is 74.8 cm³/mol. The van der Waals surface area contributed by atoms with Crippen LogP contribution in [0.2, 0.25) is 0 Å². The quantitative estimate of drug-likeness (QED) is 0.564. The molecule has 0 aliphatic heterocycles. The van der Waals surface area contributed by atoms with E-state index in [4.69, 9.17) is 0 Å². The molecule has 0 aromatic heterocycles.